The summed E-state index contributed by atoms with van der Waals surface area (Å²) >= 11 is 0. The zero-order valence-corrected chi connectivity index (χ0v) is 14.4. The van der Waals surface area contributed by atoms with Gasteiger partial charge in [-0.05, 0) is 30.3 Å². The third-order valence-corrected chi connectivity index (χ3v) is 3.59. The van der Waals surface area contributed by atoms with Gasteiger partial charge < -0.3 is 24.1 Å². The summed E-state index contributed by atoms with van der Waals surface area (Å²) in [7, 11) is 3.31. The second-order valence-corrected chi connectivity index (χ2v) is 5.36. The van der Waals surface area contributed by atoms with Gasteiger partial charge in [-0.2, -0.15) is 0 Å². The van der Waals surface area contributed by atoms with E-state index < -0.39 is 0 Å². The van der Waals surface area contributed by atoms with Crippen LogP contribution in [0.2, 0.25) is 0 Å². The zero-order chi connectivity index (χ0) is 18.1. The van der Waals surface area contributed by atoms with Gasteiger partial charge in [0.2, 0.25) is 5.91 Å². The van der Waals surface area contributed by atoms with Crippen molar-refractivity contribution in [2.24, 2.45) is 0 Å². The van der Waals surface area contributed by atoms with E-state index >= 15 is 0 Å². The van der Waals surface area contributed by atoms with Crippen molar-refractivity contribution in [1.29, 1.82) is 0 Å². The Bertz CT molecular complexity index is 667. The maximum absolute atomic E-state index is 12.0. The molecule has 0 atom stereocenters. The smallest absolute Gasteiger partial charge is 0.254 e. The van der Waals surface area contributed by atoms with Gasteiger partial charge in [0.05, 0.1) is 25.5 Å². The van der Waals surface area contributed by atoms with E-state index in [4.69, 9.17) is 13.9 Å². The molecule has 0 bridgehead atoms. The minimum absolute atomic E-state index is 0.0641. The monoisotopic (exact) mass is 346 g/mol. The lowest BCUT2D eigenvalue weighted by Crippen LogP contribution is -2.34. The molecule has 1 aromatic carbocycles. The van der Waals surface area contributed by atoms with Crippen LogP contribution in [0.4, 0.5) is 0 Å². The lowest BCUT2D eigenvalue weighted by Gasteiger charge is -2.17. The number of likely N-dealkylation sites (N-methyl/N-ethyl adjacent to an activating group) is 1. The number of furan rings is 1. The lowest BCUT2D eigenvalue weighted by atomic mass is 10.3. The molecule has 0 saturated heterocycles. The van der Waals surface area contributed by atoms with Gasteiger partial charge in [-0.1, -0.05) is 0 Å². The molecule has 0 unspecified atom stereocenters. The molecule has 25 heavy (non-hydrogen) atoms. The number of hydrogen-bond acceptors (Lipinski definition) is 5. The van der Waals surface area contributed by atoms with Crippen molar-refractivity contribution in [2.75, 3.05) is 33.9 Å². The highest BCUT2D eigenvalue weighted by molar-refractivity contribution is 5.94. The topological polar surface area (TPSA) is 81.0 Å². The van der Waals surface area contributed by atoms with Crippen molar-refractivity contribution < 1.29 is 23.5 Å². The Morgan fingerprint density at radius 2 is 1.88 bits per heavy atom. The zero-order valence-electron chi connectivity index (χ0n) is 14.4. The van der Waals surface area contributed by atoms with Crippen LogP contribution in [0.5, 0.6) is 11.5 Å². The van der Waals surface area contributed by atoms with Crippen LogP contribution in [0.1, 0.15) is 16.8 Å². The van der Waals surface area contributed by atoms with Gasteiger partial charge >= 0.3 is 0 Å². The van der Waals surface area contributed by atoms with Gasteiger partial charge in [0.1, 0.15) is 24.4 Å². The number of methoxy groups -OCH3 is 1. The van der Waals surface area contributed by atoms with E-state index in [1.165, 1.54) is 12.5 Å². The van der Waals surface area contributed by atoms with E-state index in [1.807, 2.05) is 24.3 Å². The SMILES string of the molecule is COc1ccc(OCCN(C)C(=O)CCNC(=O)c2ccoc2)cc1. The van der Waals surface area contributed by atoms with Gasteiger partial charge in [0.25, 0.3) is 5.91 Å². The summed E-state index contributed by atoms with van der Waals surface area (Å²) < 4.78 is 15.5. The number of hydrogen-bond donors (Lipinski definition) is 1. The first-order chi connectivity index (χ1) is 12.1. The molecule has 2 aromatic rings. The Morgan fingerprint density at radius 1 is 1.16 bits per heavy atom. The minimum Gasteiger partial charge on any atom is -0.497 e. The number of carbonyl (C=O) groups excluding carboxylic acids is 2. The number of nitrogens with one attached hydrogen (secondary N) is 1. The molecule has 0 aliphatic carbocycles. The summed E-state index contributed by atoms with van der Waals surface area (Å²) in [5.74, 6) is 1.16. The van der Waals surface area contributed by atoms with Gasteiger partial charge in [-0.25, -0.2) is 0 Å². The van der Waals surface area contributed by atoms with Gasteiger partial charge in [0.15, 0.2) is 0 Å². The van der Waals surface area contributed by atoms with Gasteiger partial charge in [0, 0.05) is 20.0 Å². The lowest BCUT2D eigenvalue weighted by molar-refractivity contribution is -0.130. The Balaban J connectivity index is 1.63. The van der Waals surface area contributed by atoms with Crippen molar-refractivity contribution in [2.45, 2.75) is 6.42 Å². The summed E-state index contributed by atoms with van der Waals surface area (Å²) in [5, 5.41) is 2.67. The number of amides is 2. The average molecular weight is 346 g/mol. The van der Waals surface area contributed by atoms with Crippen molar-refractivity contribution in [3.8, 4) is 11.5 Å². The van der Waals surface area contributed by atoms with Crippen molar-refractivity contribution >= 4 is 11.8 Å². The molecule has 0 saturated carbocycles. The summed E-state index contributed by atoms with van der Waals surface area (Å²) in [6, 6.07) is 8.82. The van der Waals surface area contributed by atoms with E-state index in [2.05, 4.69) is 5.32 Å². The molecule has 1 heterocycles. The third kappa shape index (κ3) is 5.87. The Hall–Kier alpha value is -2.96. The molecule has 1 N–H and O–H groups in total. The number of benzene rings is 1. The highest BCUT2D eigenvalue weighted by Gasteiger charge is 2.11. The number of nitrogens with zero attached hydrogens (tertiary/aromatic N) is 1. The standard InChI is InChI=1S/C18H22N2O5/c1-20(10-12-25-16-5-3-15(23-2)4-6-16)17(21)7-9-19-18(22)14-8-11-24-13-14/h3-6,8,11,13H,7,9-10,12H2,1-2H3,(H,19,22). The maximum Gasteiger partial charge on any atom is 0.254 e. The third-order valence-electron chi connectivity index (χ3n) is 3.59. The number of ether oxygens (including phenoxy) is 2. The van der Waals surface area contributed by atoms with Crippen LogP contribution in [0.3, 0.4) is 0 Å². The summed E-state index contributed by atoms with van der Waals surface area (Å²) in [6.07, 6.45) is 3.01. The first kappa shape index (κ1) is 18.4. The van der Waals surface area contributed by atoms with Crippen LogP contribution >= 0.6 is 0 Å². The summed E-state index contributed by atoms with van der Waals surface area (Å²) in [5.41, 5.74) is 0.439. The van der Waals surface area contributed by atoms with E-state index in [0.717, 1.165) is 5.75 Å². The van der Waals surface area contributed by atoms with Crippen molar-refractivity contribution in [3.63, 3.8) is 0 Å². The van der Waals surface area contributed by atoms with Gasteiger partial charge in [-0.3, -0.25) is 9.59 Å². The average Bonchev–Trinajstić information content (AvgIpc) is 3.16. The molecule has 7 heteroatoms. The second kappa shape index (κ2) is 9.36. The van der Waals surface area contributed by atoms with Crippen LogP contribution in [0, 0.1) is 0 Å². The molecule has 134 valence electrons. The summed E-state index contributed by atoms with van der Waals surface area (Å²) in [6.45, 7) is 1.11. The van der Waals surface area contributed by atoms with Crippen LogP contribution in [-0.2, 0) is 4.79 Å². The summed E-state index contributed by atoms with van der Waals surface area (Å²) in [4.78, 5) is 25.3. The Labute approximate surface area is 146 Å². The molecule has 7 nitrogen and oxygen atoms in total. The molecule has 0 aliphatic rings. The highest BCUT2D eigenvalue weighted by Crippen LogP contribution is 2.16. The fourth-order valence-electron chi connectivity index (χ4n) is 2.07. The first-order valence-electron chi connectivity index (χ1n) is 7.91. The Morgan fingerprint density at radius 3 is 2.52 bits per heavy atom. The molecule has 1 aromatic heterocycles. The predicted octanol–water partition coefficient (Wildman–Crippen LogP) is 1.95. The van der Waals surface area contributed by atoms with E-state index in [0.29, 0.717) is 24.5 Å². The molecule has 0 radical (unpaired) electrons. The largest absolute Gasteiger partial charge is 0.497 e. The van der Waals surface area contributed by atoms with E-state index in [1.54, 1.807) is 25.1 Å². The van der Waals surface area contributed by atoms with Crippen molar-refractivity contribution in [1.82, 2.24) is 10.2 Å². The van der Waals surface area contributed by atoms with Crippen molar-refractivity contribution in [3.05, 3.63) is 48.4 Å². The van der Waals surface area contributed by atoms with Gasteiger partial charge in [-0.15, -0.1) is 0 Å². The first-order valence-corrected chi connectivity index (χ1v) is 7.91. The molecular weight excluding hydrogens is 324 g/mol. The Kier molecular flexibility index (Phi) is 6.88. The second-order valence-electron chi connectivity index (χ2n) is 5.36. The molecule has 2 rings (SSSR count). The normalized spacial score (nSPS) is 10.2. The van der Waals surface area contributed by atoms with E-state index in [9.17, 15) is 9.59 Å². The highest BCUT2D eigenvalue weighted by atomic mass is 16.5. The number of rotatable bonds is 9. The van der Waals surface area contributed by atoms with Crippen LogP contribution in [0.25, 0.3) is 0 Å². The molecule has 0 aliphatic heterocycles. The molecule has 2 amide bonds. The van der Waals surface area contributed by atoms with E-state index in [-0.39, 0.29) is 24.8 Å². The van der Waals surface area contributed by atoms with Crippen LogP contribution in [0.15, 0.2) is 47.3 Å². The van der Waals surface area contributed by atoms with Crippen LogP contribution < -0.4 is 14.8 Å². The molecule has 0 fully saturated rings. The maximum atomic E-state index is 12.0. The number of carbonyl (C=O) groups is 2. The van der Waals surface area contributed by atoms with Crippen LogP contribution in [-0.4, -0.2) is 50.6 Å². The molecular formula is C18H22N2O5. The fraction of sp³-hybridized carbons (Fsp3) is 0.333. The minimum atomic E-state index is -0.257. The fourth-order valence-corrected chi connectivity index (χ4v) is 2.07. The molecule has 0 spiro atoms. The quantitative estimate of drug-likeness (QED) is 0.750. The predicted molar refractivity (Wildman–Crippen MR) is 91.8 cm³/mol.